The van der Waals surface area contributed by atoms with Gasteiger partial charge in [-0.25, -0.2) is 4.68 Å². The summed E-state index contributed by atoms with van der Waals surface area (Å²) in [6.07, 6.45) is 0.901. The molecule has 0 aliphatic carbocycles. The van der Waals surface area contributed by atoms with E-state index < -0.39 is 0 Å². The van der Waals surface area contributed by atoms with Crippen LogP contribution in [0.2, 0.25) is 0 Å². The van der Waals surface area contributed by atoms with Crippen molar-refractivity contribution < 1.29 is 5.11 Å². The molecule has 6 heteroatoms. The molecule has 1 heterocycles. The molecular formula is C22H24N4O2. The zero-order valence-electron chi connectivity index (χ0n) is 16.4. The first-order chi connectivity index (χ1) is 13.5. The molecule has 0 radical (unpaired) electrons. The molecule has 3 aromatic carbocycles. The maximum Gasteiger partial charge on any atom is 0.215 e. The highest BCUT2D eigenvalue weighted by Gasteiger charge is 2.18. The molecule has 4 rings (SSSR count). The average Bonchev–Trinajstić information content (AvgIpc) is 2.70. The van der Waals surface area contributed by atoms with Gasteiger partial charge in [0.1, 0.15) is 5.52 Å². The van der Waals surface area contributed by atoms with Gasteiger partial charge in [-0.3, -0.25) is 9.79 Å². The molecule has 0 fully saturated rings. The minimum Gasteiger partial charge on any atom is -0.493 e. The molecule has 1 N–H and O–H groups in total. The lowest BCUT2D eigenvalue weighted by molar-refractivity contribution is 0.340. The van der Waals surface area contributed by atoms with Gasteiger partial charge in [0.2, 0.25) is 5.88 Å². The first kappa shape index (κ1) is 18.4. The normalized spacial score (nSPS) is 12.8. The van der Waals surface area contributed by atoms with Crippen molar-refractivity contribution in [2.75, 3.05) is 27.2 Å². The lowest BCUT2D eigenvalue weighted by Crippen LogP contribution is -2.21. The molecule has 0 atom stereocenters. The highest BCUT2D eigenvalue weighted by atomic mass is 16.3. The van der Waals surface area contributed by atoms with Crippen LogP contribution in [0.1, 0.15) is 13.3 Å². The number of nitrogens with zero attached hydrogens (tertiary/aromatic N) is 4. The Bertz CT molecular complexity index is 1290. The molecule has 6 nitrogen and oxygen atoms in total. The molecule has 0 amide bonds. The maximum atomic E-state index is 13.3. The molecule has 0 unspecified atom stereocenters. The fourth-order valence-corrected chi connectivity index (χ4v) is 3.64. The Morgan fingerprint density at radius 2 is 1.82 bits per heavy atom. The van der Waals surface area contributed by atoms with Gasteiger partial charge in [0.15, 0.2) is 5.43 Å². The molecule has 0 bridgehead atoms. The van der Waals surface area contributed by atoms with Crippen LogP contribution < -0.4 is 10.8 Å². The second-order valence-corrected chi connectivity index (χ2v) is 7.34. The van der Waals surface area contributed by atoms with E-state index in [9.17, 15) is 9.90 Å². The highest BCUT2D eigenvalue weighted by Crippen LogP contribution is 2.32. The topological polar surface area (TPSA) is 70.7 Å². The van der Waals surface area contributed by atoms with Crippen molar-refractivity contribution in [3.05, 3.63) is 52.0 Å². The van der Waals surface area contributed by atoms with Gasteiger partial charge in [-0.1, -0.05) is 31.2 Å². The van der Waals surface area contributed by atoms with E-state index in [-0.39, 0.29) is 11.3 Å². The van der Waals surface area contributed by atoms with Crippen molar-refractivity contribution >= 4 is 32.4 Å². The predicted molar refractivity (Wildman–Crippen MR) is 113 cm³/mol. The Labute approximate surface area is 162 Å². The summed E-state index contributed by atoms with van der Waals surface area (Å²) in [6.45, 7) is 4.00. The third kappa shape index (κ3) is 2.90. The molecule has 0 aliphatic heterocycles. The van der Waals surface area contributed by atoms with Gasteiger partial charge in [0.25, 0.3) is 0 Å². The van der Waals surface area contributed by atoms with Gasteiger partial charge in [-0.15, -0.1) is 0 Å². The highest BCUT2D eigenvalue weighted by molar-refractivity contribution is 6.20. The van der Waals surface area contributed by atoms with Crippen molar-refractivity contribution in [2.24, 2.45) is 4.99 Å². The van der Waals surface area contributed by atoms with Crippen molar-refractivity contribution in [3.8, 4) is 5.88 Å². The summed E-state index contributed by atoms with van der Waals surface area (Å²) in [5.41, 5.74) is 0.668. The van der Waals surface area contributed by atoms with Crippen LogP contribution >= 0.6 is 0 Å². The number of aromatic hydroxyl groups is 1. The van der Waals surface area contributed by atoms with Crippen LogP contribution in [0.3, 0.4) is 0 Å². The fourth-order valence-electron chi connectivity index (χ4n) is 3.64. The number of rotatable bonds is 5. The van der Waals surface area contributed by atoms with Crippen molar-refractivity contribution in [1.29, 1.82) is 0 Å². The van der Waals surface area contributed by atoms with E-state index in [1.807, 2.05) is 55.4 Å². The second kappa shape index (κ2) is 7.20. The second-order valence-electron chi connectivity index (χ2n) is 7.34. The number of hydrogen-bond acceptors (Lipinski definition) is 5. The molecule has 0 saturated carbocycles. The molecule has 0 saturated heterocycles. The molecule has 0 spiro atoms. The van der Waals surface area contributed by atoms with Gasteiger partial charge < -0.3 is 10.0 Å². The Hall–Kier alpha value is -2.99. The largest absolute Gasteiger partial charge is 0.493 e. The van der Waals surface area contributed by atoms with Crippen molar-refractivity contribution in [3.63, 3.8) is 0 Å². The predicted octanol–water partition coefficient (Wildman–Crippen LogP) is 2.72. The van der Waals surface area contributed by atoms with Crippen LogP contribution in [0.25, 0.3) is 32.4 Å². The summed E-state index contributed by atoms with van der Waals surface area (Å²) in [7, 11) is 3.96. The van der Waals surface area contributed by atoms with Crippen LogP contribution in [0.4, 0.5) is 0 Å². The summed E-state index contributed by atoms with van der Waals surface area (Å²) in [5, 5.41) is 19.6. The monoisotopic (exact) mass is 376 g/mol. The van der Waals surface area contributed by atoms with Crippen LogP contribution in [0.5, 0.6) is 5.88 Å². The van der Waals surface area contributed by atoms with E-state index in [0.29, 0.717) is 40.0 Å². The molecule has 1 aromatic heterocycles. The quantitative estimate of drug-likeness (QED) is 0.429. The van der Waals surface area contributed by atoms with E-state index in [1.54, 1.807) is 4.68 Å². The van der Waals surface area contributed by atoms with E-state index in [4.69, 9.17) is 5.10 Å². The SMILES string of the molecule is CCCN=c1ccc2c(O)n(CCN(C)C)nc3c4ccccc4c(=O)c1c23. The van der Waals surface area contributed by atoms with Crippen LogP contribution in [0, 0.1) is 0 Å². The van der Waals surface area contributed by atoms with Crippen LogP contribution in [-0.4, -0.2) is 47.0 Å². The number of fused-ring (bicyclic) bond motifs is 2. The first-order valence-corrected chi connectivity index (χ1v) is 9.59. The van der Waals surface area contributed by atoms with Gasteiger partial charge in [0, 0.05) is 34.6 Å². The smallest absolute Gasteiger partial charge is 0.215 e. The Morgan fingerprint density at radius 1 is 1.07 bits per heavy atom. The number of benzene rings is 3. The van der Waals surface area contributed by atoms with Gasteiger partial charge in [-0.05, 0) is 32.6 Å². The summed E-state index contributed by atoms with van der Waals surface area (Å²) in [6, 6.07) is 11.2. The minimum atomic E-state index is -0.0594. The van der Waals surface area contributed by atoms with Crippen LogP contribution in [-0.2, 0) is 6.54 Å². The number of hydrogen-bond donors (Lipinski definition) is 1. The average molecular weight is 376 g/mol. The molecule has 28 heavy (non-hydrogen) atoms. The Morgan fingerprint density at radius 3 is 2.54 bits per heavy atom. The Kier molecular flexibility index (Phi) is 4.73. The zero-order valence-corrected chi connectivity index (χ0v) is 16.4. The molecule has 144 valence electrons. The minimum absolute atomic E-state index is 0.0594. The summed E-state index contributed by atoms with van der Waals surface area (Å²) in [4.78, 5) is 20.0. The molecule has 0 aliphatic rings. The maximum absolute atomic E-state index is 13.3. The van der Waals surface area contributed by atoms with Gasteiger partial charge >= 0.3 is 0 Å². The van der Waals surface area contributed by atoms with Crippen molar-refractivity contribution in [2.45, 2.75) is 19.9 Å². The summed E-state index contributed by atoms with van der Waals surface area (Å²) < 4.78 is 1.62. The van der Waals surface area contributed by atoms with Gasteiger partial charge in [-0.2, -0.15) is 5.10 Å². The zero-order chi connectivity index (χ0) is 19.8. The van der Waals surface area contributed by atoms with E-state index in [0.717, 1.165) is 23.9 Å². The molecule has 4 aromatic rings. The summed E-state index contributed by atoms with van der Waals surface area (Å²) in [5.74, 6) is 0.0797. The van der Waals surface area contributed by atoms with Crippen molar-refractivity contribution in [1.82, 2.24) is 14.7 Å². The van der Waals surface area contributed by atoms with Crippen LogP contribution in [0.15, 0.2) is 46.2 Å². The number of aromatic nitrogens is 2. The van der Waals surface area contributed by atoms with E-state index >= 15 is 0 Å². The summed E-state index contributed by atoms with van der Waals surface area (Å²) >= 11 is 0. The first-order valence-electron chi connectivity index (χ1n) is 9.59. The number of likely N-dealkylation sites (N-methyl/N-ethyl adjacent to an activating group) is 1. The lowest BCUT2D eigenvalue weighted by Gasteiger charge is -2.16. The third-order valence-electron chi connectivity index (χ3n) is 5.04. The van der Waals surface area contributed by atoms with E-state index in [1.165, 1.54) is 0 Å². The third-order valence-corrected chi connectivity index (χ3v) is 5.04. The fraction of sp³-hybridized carbons (Fsp3) is 0.318. The van der Waals surface area contributed by atoms with E-state index in [2.05, 4.69) is 11.9 Å². The molecular weight excluding hydrogens is 352 g/mol. The van der Waals surface area contributed by atoms with Gasteiger partial charge in [0.05, 0.1) is 17.3 Å². The standard InChI is InChI=1S/C22H24N4O2/c1-4-11-23-17-10-9-16-18-19(17)21(27)15-8-6-5-7-14(15)20(18)24-26(22(16)28)13-12-25(2)3/h5-10,28H,4,11-13H2,1-3H3. The lowest BCUT2D eigenvalue weighted by atomic mass is 9.98. The Balaban J connectivity index is 2.20.